The van der Waals surface area contributed by atoms with Crippen LogP contribution < -0.4 is 4.90 Å². The van der Waals surface area contributed by atoms with Gasteiger partial charge in [0, 0.05) is 23.7 Å². The normalized spacial score (nSPS) is 17.8. The topological polar surface area (TPSA) is 46.6 Å². The van der Waals surface area contributed by atoms with Gasteiger partial charge in [0.25, 0.3) is 0 Å². The van der Waals surface area contributed by atoms with Crippen molar-refractivity contribution in [1.82, 2.24) is 0 Å². The van der Waals surface area contributed by atoms with E-state index in [1.807, 2.05) is 31.2 Å². The largest absolute Gasteiger partial charge is 0.479 e. The second-order valence-electron chi connectivity index (χ2n) is 4.42. The van der Waals surface area contributed by atoms with Crippen LogP contribution >= 0.6 is 24.0 Å². The molecular weight excluding hydrogens is 314 g/mol. The lowest BCUT2D eigenvalue weighted by molar-refractivity contribution is 0.346. The van der Waals surface area contributed by atoms with Gasteiger partial charge in [0.2, 0.25) is 4.38 Å². The van der Waals surface area contributed by atoms with E-state index in [9.17, 15) is 8.42 Å². The molecule has 2 rings (SSSR count). The Bertz CT molecular complexity index is 555. The van der Waals surface area contributed by atoms with E-state index in [1.165, 1.54) is 11.8 Å². The molecule has 1 saturated heterocycles. The van der Waals surface area contributed by atoms with E-state index in [0.29, 0.717) is 24.1 Å². The van der Waals surface area contributed by atoms with Crippen molar-refractivity contribution in [3.05, 3.63) is 24.3 Å². The maximum absolute atomic E-state index is 11.4. The van der Waals surface area contributed by atoms with E-state index in [1.54, 1.807) is 0 Å². The molecule has 4 nitrogen and oxygen atoms in total. The maximum Gasteiger partial charge on any atom is 0.224 e. The molecule has 0 amide bonds. The Labute approximate surface area is 129 Å². The molecule has 1 aromatic carbocycles. The fraction of sp³-hybridized carbons (Fsp3) is 0.462. The lowest BCUT2D eigenvalue weighted by Gasteiger charge is -2.28. The molecule has 0 aliphatic carbocycles. The first-order valence-corrected chi connectivity index (χ1v) is 9.45. The highest BCUT2D eigenvalue weighted by atomic mass is 32.2. The van der Waals surface area contributed by atoms with Gasteiger partial charge in [-0.05, 0) is 55.2 Å². The van der Waals surface area contributed by atoms with Crippen LogP contribution in [0.15, 0.2) is 29.2 Å². The molecular formula is C13H17NO3S3. The Hall–Kier alpha value is -0.790. The van der Waals surface area contributed by atoms with E-state index in [0.717, 1.165) is 10.6 Å². The summed E-state index contributed by atoms with van der Waals surface area (Å²) >= 11 is 6.50. The quantitative estimate of drug-likeness (QED) is 0.626. The molecule has 110 valence electrons. The molecule has 0 atom stereocenters. The Morgan fingerprint density at radius 1 is 1.30 bits per heavy atom. The van der Waals surface area contributed by atoms with E-state index in [4.69, 9.17) is 17.0 Å². The van der Waals surface area contributed by atoms with Crippen LogP contribution in [0.1, 0.15) is 6.92 Å². The van der Waals surface area contributed by atoms with E-state index < -0.39 is 9.84 Å². The molecule has 1 aliphatic rings. The van der Waals surface area contributed by atoms with Gasteiger partial charge in [-0.15, -0.1) is 0 Å². The van der Waals surface area contributed by atoms with Crippen molar-refractivity contribution in [1.29, 1.82) is 0 Å². The van der Waals surface area contributed by atoms with Gasteiger partial charge in [-0.25, -0.2) is 8.42 Å². The minimum Gasteiger partial charge on any atom is -0.479 e. The summed E-state index contributed by atoms with van der Waals surface area (Å²) in [6, 6.07) is 7.95. The van der Waals surface area contributed by atoms with Crippen molar-refractivity contribution in [2.75, 3.05) is 36.1 Å². The van der Waals surface area contributed by atoms with Crippen molar-refractivity contribution in [3.63, 3.8) is 0 Å². The van der Waals surface area contributed by atoms with E-state index >= 15 is 0 Å². The Balaban J connectivity index is 1.96. The summed E-state index contributed by atoms with van der Waals surface area (Å²) in [5, 5.41) is 0. The van der Waals surface area contributed by atoms with Crippen LogP contribution in [0, 0.1) is 0 Å². The summed E-state index contributed by atoms with van der Waals surface area (Å²) in [7, 11) is -2.83. The summed E-state index contributed by atoms with van der Waals surface area (Å²) in [6.45, 7) is 3.60. The van der Waals surface area contributed by atoms with Crippen molar-refractivity contribution in [3.8, 4) is 0 Å². The molecule has 1 aliphatic heterocycles. The van der Waals surface area contributed by atoms with Gasteiger partial charge in [0.15, 0.2) is 9.84 Å². The van der Waals surface area contributed by atoms with Crippen molar-refractivity contribution in [2.24, 2.45) is 0 Å². The van der Waals surface area contributed by atoms with Crippen LogP contribution in [0.3, 0.4) is 0 Å². The number of rotatable bonds is 3. The van der Waals surface area contributed by atoms with Crippen LogP contribution in [0.4, 0.5) is 5.69 Å². The highest BCUT2D eigenvalue weighted by molar-refractivity contribution is 8.22. The fourth-order valence-electron chi connectivity index (χ4n) is 1.94. The number of thiocarbonyl (C=S) groups is 1. The molecule has 0 N–H and O–H groups in total. The zero-order valence-corrected chi connectivity index (χ0v) is 13.7. The Morgan fingerprint density at radius 2 is 1.90 bits per heavy atom. The number of benzene rings is 1. The fourth-order valence-corrected chi connectivity index (χ4v) is 4.19. The first kappa shape index (κ1) is 15.6. The molecule has 7 heteroatoms. The van der Waals surface area contributed by atoms with Gasteiger partial charge in [-0.1, -0.05) is 0 Å². The van der Waals surface area contributed by atoms with Crippen LogP contribution in [0.5, 0.6) is 0 Å². The molecule has 0 spiro atoms. The predicted octanol–water partition coefficient (Wildman–Crippen LogP) is 2.33. The lowest BCUT2D eigenvalue weighted by atomic mass is 10.3. The van der Waals surface area contributed by atoms with Crippen LogP contribution in [-0.2, 0) is 14.6 Å². The first-order chi connectivity index (χ1) is 9.50. The average Bonchev–Trinajstić information content (AvgIpc) is 2.40. The zero-order chi connectivity index (χ0) is 14.6. The molecule has 0 bridgehead atoms. The summed E-state index contributed by atoms with van der Waals surface area (Å²) in [5.74, 6) is 0.468. The summed E-state index contributed by atoms with van der Waals surface area (Å²) in [5.41, 5.74) is 1.05. The van der Waals surface area contributed by atoms with Crippen molar-refractivity contribution >= 4 is 43.9 Å². The second kappa shape index (κ2) is 6.78. The number of sulfone groups is 1. The van der Waals surface area contributed by atoms with Crippen molar-refractivity contribution < 1.29 is 13.2 Å². The molecule has 0 aromatic heterocycles. The standard InChI is InChI=1S/C13H17NO3S3/c1-2-17-13(18)19-12-5-3-11(4-6-12)14-7-9-20(15,16)10-8-14/h3-6H,2,7-10H2,1H3. The van der Waals surface area contributed by atoms with Gasteiger partial charge in [0.1, 0.15) is 0 Å². The number of hydrogen-bond acceptors (Lipinski definition) is 6. The van der Waals surface area contributed by atoms with E-state index in [2.05, 4.69) is 4.90 Å². The SMILES string of the molecule is CCOC(=S)Sc1ccc(N2CCS(=O)(=O)CC2)cc1. The third kappa shape index (κ3) is 4.36. The minimum atomic E-state index is -2.83. The highest BCUT2D eigenvalue weighted by Gasteiger charge is 2.21. The smallest absolute Gasteiger partial charge is 0.224 e. The number of ether oxygens (including phenoxy) is 1. The van der Waals surface area contributed by atoms with E-state index in [-0.39, 0.29) is 11.5 Å². The number of nitrogens with zero attached hydrogens (tertiary/aromatic N) is 1. The summed E-state index contributed by atoms with van der Waals surface area (Å²) < 4.78 is 28.6. The molecule has 0 unspecified atom stereocenters. The maximum atomic E-state index is 11.4. The van der Waals surface area contributed by atoms with Crippen LogP contribution in [-0.4, -0.2) is 44.0 Å². The molecule has 1 fully saturated rings. The molecule has 0 radical (unpaired) electrons. The third-order valence-electron chi connectivity index (χ3n) is 3.01. The van der Waals surface area contributed by atoms with Gasteiger partial charge < -0.3 is 9.64 Å². The number of thioether (sulfide) groups is 1. The average molecular weight is 331 g/mol. The summed E-state index contributed by atoms with van der Waals surface area (Å²) in [4.78, 5) is 3.12. The highest BCUT2D eigenvalue weighted by Crippen LogP contribution is 2.24. The number of hydrogen-bond donors (Lipinski definition) is 0. The third-order valence-corrected chi connectivity index (χ3v) is 5.78. The van der Waals surface area contributed by atoms with Crippen LogP contribution in [0.2, 0.25) is 0 Å². The van der Waals surface area contributed by atoms with Gasteiger partial charge >= 0.3 is 0 Å². The molecule has 0 saturated carbocycles. The van der Waals surface area contributed by atoms with Crippen LogP contribution in [0.25, 0.3) is 0 Å². The molecule has 1 aromatic rings. The Kier molecular flexibility index (Phi) is 5.29. The molecule has 1 heterocycles. The Morgan fingerprint density at radius 3 is 2.45 bits per heavy atom. The van der Waals surface area contributed by atoms with Gasteiger partial charge in [-0.2, -0.15) is 0 Å². The van der Waals surface area contributed by atoms with Gasteiger partial charge in [0.05, 0.1) is 18.1 Å². The number of anilines is 1. The predicted molar refractivity (Wildman–Crippen MR) is 87.4 cm³/mol. The van der Waals surface area contributed by atoms with Gasteiger partial charge in [-0.3, -0.25) is 0 Å². The lowest BCUT2D eigenvalue weighted by Crippen LogP contribution is -2.40. The molecule has 20 heavy (non-hydrogen) atoms. The summed E-state index contributed by atoms with van der Waals surface area (Å²) in [6.07, 6.45) is 0. The zero-order valence-electron chi connectivity index (χ0n) is 11.2. The second-order valence-corrected chi connectivity index (χ2v) is 8.40. The monoisotopic (exact) mass is 331 g/mol. The van der Waals surface area contributed by atoms with Crippen molar-refractivity contribution in [2.45, 2.75) is 11.8 Å². The first-order valence-electron chi connectivity index (χ1n) is 6.40. The minimum absolute atomic E-state index is 0.234.